The van der Waals surface area contributed by atoms with Gasteiger partial charge in [0.25, 0.3) is 5.91 Å². The predicted octanol–water partition coefficient (Wildman–Crippen LogP) is 0.511. The van der Waals surface area contributed by atoms with Gasteiger partial charge in [0.15, 0.2) is 6.61 Å². The molecule has 0 fully saturated rings. The summed E-state index contributed by atoms with van der Waals surface area (Å²) in [6.45, 7) is 3.67. The molecule has 1 heterocycles. The minimum Gasteiger partial charge on any atom is -0.452 e. The molecule has 0 bridgehead atoms. The maximum atomic E-state index is 11.7. The second-order valence-electron chi connectivity index (χ2n) is 4.50. The van der Waals surface area contributed by atoms with Gasteiger partial charge in [-0.25, -0.2) is 9.59 Å². The molecule has 3 amide bonds. The van der Waals surface area contributed by atoms with Crippen LogP contribution in [0.2, 0.25) is 0 Å². The standard InChI is InChI=1S/C13H20N4O4/c1-4-5-6-14-13(20)16-11(18)8-21-12(19)10-7-15-17(3)9(10)2/h7H,4-6,8H2,1-3H3,(H2,14,16,18,20). The third-order valence-electron chi connectivity index (χ3n) is 2.86. The fourth-order valence-corrected chi connectivity index (χ4v) is 1.49. The molecule has 0 saturated heterocycles. The third kappa shape index (κ3) is 5.25. The van der Waals surface area contributed by atoms with Gasteiger partial charge in [-0.2, -0.15) is 5.10 Å². The number of nitrogens with one attached hydrogen (secondary N) is 2. The van der Waals surface area contributed by atoms with E-state index in [2.05, 4.69) is 15.7 Å². The summed E-state index contributed by atoms with van der Waals surface area (Å²) in [7, 11) is 1.69. The van der Waals surface area contributed by atoms with Gasteiger partial charge in [-0.1, -0.05) is 13.3 Å². The first kappa shape index (κ1) is 16.7. The van der Waals surface area contributed by atoms with Crippen molar-refractivity contribution in [3.8, 4) is 0 Å². The van der Waals surface area contributed by atoms with Gasteiger partial charge < -0.3 is 10.1 Å². The van der Waals surface area contributed by atoms with Gasteiger partial charge in [-0.3, -0.25) is 14.8 Å². The van der Waals surface area contributed by atoms with E-state index in [1.54, 1.807) is 14.0 Å². The third-order valence-corrected chi connectivity index (χ3v) is 2.86. The van der Waals surface area contributed by atoms with Crippen LogP contribution in [0, 0.1) is 6.92 Å². The Labute approximate surface area is 122 Å². The van der Waals surface area contributed by atoms with Crippen LogP contribution in [-0.2, 0) is 16.6 Å². The predicted molar refractivity (Wildman–Crippen MR) is 74.7 cm³/mol. The van der Waals surface area contributed by atoms with Gasteiger partial charge in [-0.15, -0.1) is 0 Å². The Morgan fingerprint density at radius 2 is 2.10 bits per heavy atom. The summed E-state index contributed by atoms with van der Waals surface area (Å²) in [6, 6.07) is -0.595. The molecule has 0 aliphatic heterocycles. The lowest BCUT2D eigenvalue weighted by Crippen LogP contribution is -2.41. The van der Waals surface area contributed by atoms with E-state index >= 15 is 0 Å². The molecule has 0 aliphatic carbocycles. The Kier molecular flexibility index (Phi) is 6.38. The first-order valence-electron chi connectivity index (χ1n) is 6.69. The van der Waals surface area contributed by atoms with Crippen LogP contribution in [0.4, 0.5) is 4.79 Å². The molecule has 8 heteroatoms. The van der Waals surface area contributed by atoms with Crippen LogP contribution >= 0.6 is 0 Å². The maximum absolute atomic E-state index is 11.7. The van der Waals surface area contributed by atoms with Crippen LogP contribution in [0.25, 0.3) is 0 Å². The molecular weight excluding hydrogens is 276 g/mol. The second kappa shape index (κ2) is 8.03. The number of ether oxygens (including phenoxy) is 1. The zero-order valence-corrected chi connectivity index (χ0v) is 12.4. The summed E-state index contributed by atoms with van der Waals surface area (Å²) in [5, 5.41) is 8.51. The quantitative estimate of drug-likeness (QED) is 0.588. The molecule has 0 saturated carbocycles. The number of urea groups is 1. The van der Waals surface area contributed by atoms with Crippen molar-refractivity contribution in [3.63, 3.8) is 0 Å². The highest BCUT2D eigenvalue weighted by molar-refractivity contribution is 5.97. The SMILES string of the molecule is CCCCNC(=O)NC(=O)COC(=O)c1cnn(C)c1C. The summed E-state index contributed by atoms with van der Waals surface area (Å²) in [4.78, 5) is 34.5. The van der Waals surface area contributed by atoms with E-state index in [4.69, 9.17) is 4.74 Å². The van der Waals surface area contributed by atoms with Crippen molar-refractivity contribution in [3.05, 3.63) is 17.5 Å². The second-order valence-corrected chi connectivity index (χ2v) is 4.50. The van der Waals surface area contributed by atoms with Gasteiger partial charge in [0, 0.05) is 19.3 Å². The number of amides is 3. The number of imide groups is 1. The lowest BCUT2D eigenvalue weighted by molar-refractivity contribution is -0.123. The minimum atomic E-state index is -0.682. The van der Waals surface area contributed by atoms with E-state index < -0.39 is 24.5 Å². The molecule has 1 rings (SSSR count). The topological polar surface area (TPSA) is 102 Å². The molecule has 2 N–H and O–H groups in total. The number of esters is 1. The number of rotatable bonds is 6. The van der Waals surface area contributed by atoms with E-state index in [9.17, 15) is 14.4 Å². The molecule has 0 aliphatic rings. The summed E-state index contributed by atoms with van der Waals surface area (Å²) < 4.78 is 6.35. The van der Waals surface area contributed by atoms with Gasteiger partial charge >= 0.3 is 12.0 Å². The van der Waals surface area contributed by atoms with Gasteiger partial charge in [0.2, 0.25) is 0 Å². The van der Waals surface area contributed by atoms with Crippen LogP contribution < -0.4 is 10.6 Å². The molecule has 1 aromatic rings. The normalized spacial score (nSPS) is 10.0. The largest absolute Gasteiger partial charge is 0.452 e. The Bertz CT molecular complexity index is 524. The maximum Gasteiger partial charge on any atom is 0.342 e. The van der Waals surface area contributed by atoms with Crippen molar-refractivity contribution in [2.45, 2.75) is 26.7 Å². The highest BCUT2D eigenvalue weighted by atomic mass is 16.5. The van der Waals surface area contributed by atoms with Crippen molar-refractivity contribution in [2.75, 3.05) is 13.2 Å². The molecule has 21 heavy (non-hydrogen) atoms. The number of nitrogens with zero attached hydrogens (tertiary/aromatic N) is 2. The van der Waals surface area contributed by atoms with Crippen molar-refractivity contribution in [2.24, 2.45) is 7.05 Å². The zero-order valence-electron chi connectivity index (χ0n) is 12.4. The number of hydrogen-bond acceptors (Lipinski definition) is 5. The summed E-state index contributed by atoms with van der Waals surface area (Å²) in [6.07, 6.45) is 3.14. The lowest BCUT2D eigenvalue weighted by atomic mass is 10.3. The number of aromatic nitrogens is 2. The molecular formula is C13H20N4O4. The average Bonchev–Trinajstić information content (AvgIpc) is 2.77. The van der Waals surface area contributed by atoms with Gasteiger partial charge in [0.05, 0.1) is 6.20 Å². The Hall–Kier alpha value is -2.38. The van der Waals surface area contributed by atoms with E-state index in [1.807, 2.05) is 6.92 Å². The Morgan fingerprint density at radius 3 is 2.67 bits per heavy atom. The lowest BCUT2D eigenvalue weighted by Gasteiger charge is -2.07. The summed E-state index contributed by atoms with van der Waals surface area (Å²) >= 11 is 0. The summed E-state index contributed by atoms with van der Waals surface area (Å²) in [5.41, 5.74) is 0.926. The van der Waals surface area contributed by atoms with E-state index in [-0.39, 0.29) is 5.56 Å². The zero-order chi connectivity index (χ0) is 15.8. The van der Waals surface area contributed by atoms with Gasteiger partial charge in [0.1, 0.15) is 5.56 Å². The Morgan fingerprint density at radius 1 is 1.38 bits per heavy atom. The van der Waals surface area contributed by atoms with Crippen molar-refractivity contribution in [1.29, 1.82) is 0 Å². The monoisotopic (exact) mass is 296 g/mol. The highest BCUT2D eigenvalue weighted by Gasteiger charge is 2.16. The highest BCUT2D eigenvalue weighted by Crippen LogP contribution is 2.06. The molecule has 0 aromatic carbocycles. The molecule has 116 valence electrons. The first-order chi connectivity index (χ1) is 9.95. The molecule has 0 spiro atoms. The van der Waals surface area contributed by atoms with E-state index in [1.165, 1.54) is 10.9 Å². The fourth-order valence-electron chi connectivity index (χ4n) is 1.49. The van der Waals surface area contributed by atoms with E-state index in [0.29, 0.717) is 12.2 Å². The molecule has 0 radical (unpaired) electrons. The molecule has 0 atom stereocenters. The molecule has 1 aromatic heterocycles. The number of hydrogen-bond donors (Lipinski definition) is 2. The average molecular weight is 296 g/mol. The van der Waals surface area contributed by atoms with Crippen LogP contribution in [-0.4, -0.2) is 40.8 Å². The smallest absolute Gasteiger partial charge is 0.342 e. The minimum absolute atomic E-state index is 0.290. The van der Waals surface area contributed by atoms with Crippen molar-refractivity contribution in [1.82, 2.24) is 20.4 Å². The number of carbonyl (C=O) groups excluding carboxylic acids is 3. The number of carbonyl (C=O) groups is 3. The summed E-state index contributed by atoms with van der Waals surface area (Å²) in [5.74, 6) is -1.33. The Balaban J connectivity index is 2.34. The van der Waals surface area contributed by atoms with Crippen LogP contribution in [0.1, 0.15) is 35.8 Å². The first-order valence-corrected chi connectivity index (χ1v) is 6.69. The number of unbranched alkanes of at least 4 members (excludes halogenated alkanes) is 1. The number of aryl methyl sites for hydroxylation is 1. The van der Waals surface area contributed by atoms with Crippen LogP contribution in [0.15, 0.2) is 6.20 Å². The van der Waals surface area contributed by atoms with Gasteiger partial charge in [-0.05, 0) is 13.3 Å². The van der Waals surface area contributed by atoms with E-state index in [0.717, 1.165) is 12.8 Å². The molecule has 0 unspecified atom stereocenters. The van der Waals surface area contributed by atoms with Crippen molar-refractivity contribution < 1.29 is 19.1 Å². The van der Waals surface area contributed by atoms with Crippen LogP contribution in [0.3, 0.4) is 0 Å². The fraction of sp³-hybridized carbons (Fsp3) is 0.538. The van der Waals surface area contributed by atoms with Crippen LogP contribution in [0.5, 0.6) is 0 Å². The van der Waals surface area contributed by atoms with Crippen molar-refractivity contribution >= 4 is 17.9 Å². The molecule has 8 nitrogen and oxygen atoms in total.